The highest BCUT2D eigenvalue weighted by Gasteiger charge is 2.30. The molecule has 0 aliphatic heterocycles. The monoisotopic (exact) mass is 394 g/mol. The fraction of sp³-hybridized carbons (Fsp3) is 0.300. The molecule has 0 radical (unpaired) electrons. The summed E-state index contributed by atoms with van der Waals surface area (Å²) in [5.41, 5.74) is 0.317. The molecule has 2 amide bonds. The van der Waals surface area contributed by atoms with Crippen molar-refractivity contribution in [2.24, 2.45) is 0 Å². The third-order valence-electron chi connectivity index (χ3n) is 4.12. The Kier molecular flexibility index (Phi) is 7.03. The Morgan fingerprint density at radius 1 is 1.07 bits per heavy atom. The number of ether oxygens (including phenoxy) is 1. The molecule has 1 N–H and O–H groups in total. The SMILES string of the molecule is COc1ccccc1CNC(=O)CCN(C(C)=O)c1ccc(C(F)(F)F)cc1. The van der Waals surface area contributed by atoms with Crippen molar-refractivity contribution in [3.63, 3.8) is 0 Å². The van der Waals surface area contributed by atoms with E-state index in [4.69, 9.17) is 4.74 Å². The third-order valence-corrected chi connectivity index (χ3v) is 4.12. The number of amides is 2. The van der Waals surface area contributed by atoms with Crippen molar-refractivity contribution in [2.75, 3.05) is 18.6 Å². The first-order valence-corrected chi connectivity index (χ1v) is 8.56. The van der Waals surface area contributed by atoms with Crippen LogP contribution in [0.25, 0.3) is 0 Å². The van der Waals surface area contributed by atoms with Gasteiger partial charge < -0.3 is 15.0 Å². The Morgan fingerprint density at radius 2 is 1.71 bits per heavy atom. The van der Waals surface area contributed by atoms with E-state index in [-0.39, 0.29) is 31.3 Å². The van der Waals surface area contributed by atoms with Gasteiger partial charge in [0.25, 0.3) is 0 Å². The predicted octanol–water partition coefficient (Wildman–Crippen LogP) is 3.77. The first-order chi connectivity index (χ1) is 13.2. The first-order valence-electron chi connectivity index (χ1n) is 8.56. The highest BCUT2D eigenvalue weighted by Crippen LogP contribution is 2.30. The number of rotatable bonds is 7. The van der Waals surface area contributed by atoms with Crippen LogP contribution < -0.4 is 15.0 Å². The van der Waals surface area contributed by atoms with Crippen LogP contribution in [-0.2, 0) is 22.3 Å². The number of carbonyl (C=O) groups excluding carboxylic acids is 2. The largest absolute Gasteiger partial charge is 0.496 e. The molecule has 0 aliphatic carbocycles. The van der Waals surface area contributed by atoms with E-state index in [1.165, 1.54) is 31.1 Å². The van der Waals surface area contributed by atoms with Crippen LogP contribution in [0.2, 0.25) is 0 Å². The molecule has 0 saturated carbocycles. The number of hydrogen-bond donors (Lipinski definition) is 1. The van der Waals surface area contributed by atoms with Gasteiger partial charge in [0.2, 0.25) is 11.8 Å². The highest BCUT2D eigenvalue weighted by atomic mass is 19.4. The first kappa shape index (κ1) is 21.3. The Hall–Kier alpha value is -3.03. The van der Waals surface area contributed by atoms with Gasteiger partial charge in [-0.1, -0.05) is 18.2 Å². The van der Waals surface area contributed by atoms with Crippen molar-refractivity contribution in [1.29, 1.82) is 0 Å². The quantitative estimate of drug-likeness (QED) is 0.778. The van der Waals surface area contributed by atoms with Crippen LogP contribution in [0, 0.1) is 0 Å². The van der Waals surface area contributed by atoms with Gasteiger partial charge in [-0.05, 0) is 30.3 Å². The summed E-state index contributed by atoms with van der Waals surface area (Å²) in [6, 6.07) is 11.5. The number of hydrogen-bond acceptors (Lipinski definition) is 3. The van der Waals surface area contributed by atoms with E-state index in [1.54, 1.807) is 6.07 Å². The summed E-state index contributed by atoms with van der Waals surface area (Å²) in [7, 11) is 1.54. The fourth-order valence-electron chi connectivity index (χ4n) is 2.64. The van der Waals surface area contributed by atoms with Gasteiger partial charge in [0, 0.05) is 37.7 Å². The van der Waals surface area contributed by atoms with E-state index in [2.05, 4.69) is 5.32 Å². The molecule has 5 nitrogen and oxygen atoms in total. The summed E-state index contributed by atoms with van der Waals surface area (Å²) in [5.74, 6) is -0.000674. The number of methoxy groups -OCH3 is 1. The minimum atomic E-state index is -4.45. The maximum absolute atomic E-state index is 12.7. The minimum absolute atomic E-state index is 0.00967. The summed E-state index contributed by atoms with van der Waals surface area (Å²) >= 11 is 0. The summed E-state index contributed by atoms with van der Waals surface area (Å²) in [5, 5.41) is 2.74. The summed E-state index contributed by atoms with van der Waals surface area (Å²) < 4.78 is 43.2. The van der Waals surface area contributed by atoms with Crippen LogP contribution in [-0.4, -0.2) is 25.5 Å². The Balaban J connectivity index is 1.95. The number of halogens is 3. The van der Waals surface area contributed by atoms with Gasteiger partial charge in [-0.25, -0.2) is 0 Å². The van der Waals surface area contributed by atoms with Crippen LogP contribution in [0.1, 0.15) is 24.5 Å². The van der Waals surface area contributed by atoms with Crippen LogP contribution in [0.15, 0.2) is 48.5 Å². The van der Waals surface area contributed by atoms with E-state index in [0.717, 1.165) is 17.7 Å². The smallest absolute Gasteiger partial charge is 0.416 e. The van der Waals surface area contributed by atoms with Gasteiger partial charge in [0.15, 0.2) is 0 Å². The Bertz CT molecular complexity index is 820. The van der Waals surface area contributed by atoms with Crippen molar-refractivity contribution >= 4 is 17.5 Å². The molecule has 2 rings (SSSR count). The lowest BCUT2D eigenvalue weighted by Gasteiger charge is -2.21. The molecule has 0 spiro atoms. The third kappa shape index (κ3) is 5.73. The molecule has 8 heteroatoms. The average Bonchev–Trinajstić information content (AvgIpc) is 2.66. The number of alkyl halides is 3. The molecular formula is C20H21F3N2O3. The normalized spacial score (nSPS) is 11.0. The standard InChI is InChI=1S/C20H21F3N2O3/c1-14(26)25(17-9-7-16(8-10-17)20(21,22)23)12-11-19(27)24-13-15-5-3-4-6-18(15)28-2/h3-10H,11-13H2,1-2H3,(H,24,27). The number of nitrogens with one attached hydrogen (secondary N) is 1. The zero-order chi connectivity index (χ0) is 20.7. The second-order valence-electron chi connectivity index (χ2n) is 6.05. The predicted molar refractivity (Wildman–Crippen MR) is 98.9 cm³/mol. The van der Waals surface area contributed by atoms with E-state index in [1.807, 2.05) is 18.2 Å². The van der Waals surface area contributed by atoms with E-state index in [0.29, 0.717) is 11.4 Å². The molecule has 2 aromatic carbocycles. The van der Waals surface area contributed by atoms with Gasteiger partial charge in [0.05, 0.1) is 12.7 Å². The maximum Gasteiger partial charge on any atom is 0.416 e. The lowest BCUT2D eigenvalue weighted by atomic mass is 10.1. The zero-order valence-electron chi connectivity index (χ0n) is 15.5. The van der Waals surface area contributed by atoms with Crippen LogP contribution in [0.5, 0.6) is 5.75 Å². The van der Waals surface area contributed by atoms with Gasteiger partial charge in [-0.2, -0.15) is 13.2 Å². The molecule has 0 heterocycles. The van der Waals surface area contributed by atoms with Gasteiger partial charge in [-0.3, -0.25) is 9.59 Å². The topological polar surface area (TPSA) is 58.6 Å². The number of nitrogens with zero attached hydrogens (tertiary/aromatic N) is 1. The minimum Gasteiger partial charge on any atom is -0.496 e. The molecule has 0 aliphatic rings. The maximum atomic E-state index is 12.7. The van der Waals surface area contributed by atoms with Crippen LogP contribution >= 0.6 is 0 Å². The van der Waals surface area contributed by atoms with E-state index in [9.17, 15) is 22.8 Å². The number of para-hydroxylation sites is 1. The molecule has 0 atom stereocenters. The van der Waals surface area contributed by atoms with Crippen molar-refractivity contribution in [3.8, 4) is 5.75 Å². The van der Waals surface area contributed by atoms with E-state index < -0.39 is 11.7 Å². The molecule has 2 aromatic rings. The Labute approximate surface area is 161 Å². The average molecular weight is 394 g/mol. The summed E-state index contributed by atoms with van der Waals surface area (Å²) in [4.78, 5) is 25.2. The molecule has 0 saturated heterocycles. The number of carbonyl (C=O) groups is 2. The van der Waals surface area contributed by atoms with Crippen molar-refractivity contribution in [3.05, 3.63) is 59.7 Å². The van der Waals surface area contributed by atoms with Gasteiger partial charge in [-0.15, -0.1) is 0 Å². The van der Waals surface area contributed by atoms with Crippen LogP contribution in [0.4, 0.5) is 18.9 Å². The second kappa shape index (κ2) is 9.25. The zero-order valence-corrected chi connectivity index (χ0v) is 15.5. The second-order valence-corrected chi connectivity index (χ2v) is 6.05. The highest BCUT2D eigenvalue weighted by molar-refractivity contribution is 5.92. The molecule has 0 bridgehead atoms. The molecule has 28 heavy (non-hydrogen) atoms. The Morgan fingerprint density at radius 3 is 2.29 bits per heavy atom. The van der Waals surface area contributed by atoms with Crippen molar-refractivity contribution in [1.82, 2.24) is 5.32 Å². The van der Waals surface area contributed by atoms with Gasteiger partial charge in [0.1, 0.15) is 5.75 Å². The van der Waals surface area contributed by atoms with Crippen molar-refractivity contribution in [2.45, 2.75) is 26.1 Å². The van der Waals surface area contributed by atoms with Crippen molar-refractivity contribution < 1.29 is 27.5 Å². The van der Waals surface area contributed by atoms with Crippen LogP contribution in [0.3, 0.4) is 0 Å². The number of benzene rings is 2. The molecule has 150 valence electrons. The molecule has 0 fully saturated rings. The summed E-state index contributed by atoms with van der Waals surface area (Å²) in [6.07, 6.45) is -4.44. The summed E-state index contributed by atoms with van der Waals surface area (Å²) in [6.45, 7) is 1.62. The molecular weight excluding hydrogens is 373 g/mol. The molecule has 0 aromatic heterocycles. The van der Waals surface area contributed by atoms with Gasteiger partial charge >= 0.3 is 6.18 Å². The number of anilines is 1. The van der Waals surface area contributed by atoms with E-state index >= 15 is 0 Å². The fourth-order valence-corrected chi connectivity index (χ4v) is 2.64. The lowest BCUT2D eigenvalue weighted by molar-refractivity contribution is -0.137. The lowest BCUT2D eigenvalue weighted by Crippen LogP contribution is -2.33. The molecule has 0 unspecified atom stereocenters.